The van der Waals surface area contributed by atoms with E-state index in [9.17, 15) is 14.9 Å². The van der Waals surface area contributed by atoms with Crippen molar-refractivity contribution in [1.29, 1.82) is 0 Å². The summed E-state index contributed by atoms with van der Waals surface area (Å²) in [5.74, 6) is -0.454. The van der Waals surface area contributed by atoms with Crippen molar-refractivity contribution >= 4 is 11.7 Å². The zero-order valence-electron chi connectivity index (χ0n) is 9.17. The molecule has 1 aromatic carbocycles. The van der Waals surface area contributed by atoms with Crippen LogP contribution in [0, 0.1) is 10.1 Å². The number of benzene rings is 1. The minimum absolute atomic E-state index is 0.0416. The number of nitro benzene ring substituents is 1. The van der Waals surface area contributed by atoms with E-state index >= 15 is 0 Å². The van der Waals surface area contributed by atoms with Crippen LogP contribution >= 0.6 is 0 Å². The molecule has 0 bridgehead atoms. The van der Waals surface area contributed by atoms with Crippen molar-refractivity contribution in [1.82, 2.24) is 0 Å². The molecule has 0 fully saturated rings. The Kier molecular flexibility index (Phi) is 3.99. The van der Waals surface area contributed by atoms with Gasteiger partial charge in [-0.15, -0.1) is 0 Å². The molecule has 0 spiro atoms. The van der Waals surface area contributed by atoms with Crippen molar-refractivity contribution in [2.75, 3.05) is 0 Å². The van der Waals surface area contributed by atoms with Crippen LogP contribution in [0.15, 0.2) is 24.3 Å². The quantitative estimate of drug-likeness (QED) is 0.447. The number of hydrogen-bond donors (Lipinski definition) is 0. The Balaban J connectivity index is 2.74. The summed E-state index contributed by atoms with van der Waals surface area (Å²) in [6, 6.07) is 5.35. The summed E-state index contributed by atoms with van der Waals surface area (Å²) in [7, 11) is 0. The predicted molar refractivity (Wildman–Crippen MR) is 58.3 cm³/mol. The highest BCUT2D eigenvalue weighted by Gasteiger charge is 2.12. The first-order valence-corrected chi connectivity index (χ1v) is 5.00. The van der Waals surface area contributed by atoms with E-state index < -0.39 is 10.9 Å². The largest absolute Gasteiger partial charge is 0.459 e. The Morgan fingerprint density at radius 3 is 2.44 bits per heavy atom. The molecule has 0 N–H and O–H groups in total. The number of esters is 1. The Bertz CT molecular complexity index is 385. The second kappa shape index (κ2) is 5.25. The molecule has 1 aromatic rings. The Hall–Kier alpha value is -1.91. The molecule has 0 heterocycles. The summed E-state index contributed by atoms with van der Waals surface area (Å²) < 4.78 is 5.08. The summed E-state index contributed by atoms with van der Waals surface area (Å²) in [5, 5.41) is 10.4. The molecule has 86 valence electrons. The van der Waals surface area contributed by atoms with Gasteiger partial charge in [-0.05, 0) is 25.5 Å². The fourth-order valence-electron chi connectivity index (χ4n) is 1.05. The molecule has 0 saturated carbocycles. The fourth-order valence-corrected chi connectivity index (χ4v) is 1.05. The Labute approximate surface area is 93.2 Å². The third-order valence-corrected chi connectivity index (χ3v) is 2.20. The average Bonchev–Trinajstić information content (AvgIpc) is 2.28. The van der Waals surface area contributed by atoms with Crippen molar-refractivity contribution in [2.45, 2.75) is 26.4 Å². The van der Waals surface area contributed by atoms with Crippen molar-refractivity contribution in [3.63, 3.8) is 0 Å². The van der Waals surface area contributed by atoms with Gasteiger partial charge in [-0.2, -0.15) is 0 Å². The van der Waals surface area contributed by atoms with E-state index in [2.05, 4.69) is 0 Å². The molecule has 5 nitrogen and oxygen atoms in total. The molecular weight excluding hydrogens is 210 g/mol. The smallest absolute Gasteiger partial charge is 0.338 e. The van der Waals surface area contributed by atoms with Gasteiger partial charge in [0.15, 0.2) is 0 Å². The summed E-state index contributed by atoms with van der Waals surface area (Å²) >= 11 is 0. The topological polar surface area (TPSA) is 69.4 Å². The van der Waals surface area contributed by atoms with Gasteiger partial charge in [-0.3, -0.25) is 10.1 Å². The van der Waals surface area contributed by atoms with E-state index in [-0.39, 0.29) is 11.8 Å². The van der Waals surface area contributed by atoms with Crippen LogP contribution in [0.3, 0.4) is 0 Å². The van der Waals surface area contributed by atoms with Crippen LogP contribution < -0.4 is 0 Å². The van der Waals surface area contributed by atoms with Crippen LogP contribution in [-0.2, 0) is 4.74 Å². The molecule has 5 heteroatoms. The zero-order valence-corrected chi connectivity index (χ0v) is 9.17. The van der Waals surface area contributed by atoms with Gasteiger partial charge in [0.1, 0.15) is 0 Å². The van der Waals surface area contributed by atoms with E-state index in [4.69, 9.17) is 4.74 Å². The Morgan fingerprint density at radius 2 is 2.00 bits per heavy atom. The zero-order chi connectivity index (χ0) is 12.1. The molecule has 0 aliphatic carbocycles. The molecule has 1 atom stereocenters. The maximum Gasteiger partial charge on any atom is 0.338 e. The number of hydrogen-bond acceptors (Lipinski definition) is 4. The minimum atomic E-state index is -0.510. The lowest BCUT2D eigenvalue weighted by Gasteiger charge is -2.10. The lowest BCUT2D eigenvalue weighted by Crippen LogP contribution is -2.13. The van der Waals surface area contributed by atoms with Crippen LogP contribution in [0.5, 0.6) is 0 Å². The second-order valence-electron chi connectivity index (χ2n) is 3.43. The van der Waals surface area contributed by atoms with E-state index in [1.807, 2.05) is 6.92 Å². The van der Waals surface area contributed by atoms with Gasteiger partial charge in [0.2, 0.25) is 0 Å². The van der Waals surface area contributed by atoms with E-state index in [1.54, 1.807) is 6.92 Å². The summed E-state index contributed by atoms with van der Waals surface area (Å²) in [4.78, 5) is 21.4. The average molecular weight is 223 g/mol. The van der Waals surface area contributed by atoms with E-state index in [1.165, 1.54) is 24.3 Å². The molecule has 0 aromatic heterocycles. The molecular formula is C11H13NO4. The van der Waals surface area contributed by atoms with Crippen LogP contribution in [0.2, 0.25) is 0 Å². The van der Waals surface area contributed by atoms with Gasteiger partial charge in [0.05, 0.1) is 16.6 Å². The normalized spacial score (nSPS) is 11.9. The molecule has 16 heavy (non-hydrogen) atoms. The van der Waals surface area contributed by atoms with Crippen LogP contribution in [0.1, 0.15) is 30.6 Å². The number of non-ortho nitro benzene ring substituents is 1. The highest BCUT2D eigenvalue weighted by atomic mass is 16.6. The molecule has 0 unspecified atom stereocenters. The van der Waals surface area contributed by atoms with Gasteiger partial charge < -0.3 is 4.74 Å². The van der Waals surface area contributed by atoms with E-state index in [0.29, 0.717) is 5.56 Å². The predicted octanol–water partition coefficient (Wildman–Crippen LogP) is 2.55. The molecule has 0 saturated heterocycles. The second-order valence-corrected chi connectivity index (χ2v) is 3.43. The SMILES string of the molecule is CC[C@H](C)OC(=O)c1ccc([N+](=O)[O-])cc1. The number of carbonyl (C=O) groups is 1. The van der Waals surface area contributed by atoms with Crippen molar-refractivity contribution in [2.24, 2.45) is 0 Å². The van der Waals surface area contributed by atoms with Gasteiger partial charge >= 0.3 is 5.97 Å². The van der Waals surface area contributed by atoms with Crippen LogP contribution in [0.25, 0.3) is 0 Å². The van der Waals surface area contributed by atoms with Gasteiger partial charge in [0.25, 0.3) is 5.69 Å². The third kappa shape index (κ3) is 3.05. The standard InChI is InChI=1S/C11H13NO4/c1-3-8(2)16-11(13)9-4-6-10(7-5-9)12(14)15/h4-8H,3H2,1-2H3/t8-/m0/s1. The molecule has 0 radical (unpaired) electrons. The molecule has 0 aliphatic rings. The maximum absolute atomic E-state index is 11.5. The summed E-state index contributed by atoms with van der Waals surface area (Å²) in [6.45, 7) is 3.71. The van der Waals surface area contributed by atoms with Crippen molar-refractivity contribution < 1.29 is 14.5 Å². The third-order valence-electron chi connectivity index (χ3n) is 2.20. The van der Waals surface area contributed by atoms with Crippen LogP contribution in [0.4, 0.5) is 5.69 Å². The minimum Gasteiger partial charge on any atom is -0.459 e. The molecule has 0 aliphatic heterocycles. The number of carbonyl (C=O) groups excluding carboxylic acids is 1. The first-order valence-electron chi connectivity index (χ1n) is 5.00. The highest BCUT2D eigenvalue weighted by Crippen LogP contribution is 2.13. The van der Waals surface area contributed by atoms with E-state index in [0.717, 1.165) is 6.42 Å². The Morgan fingerprint density at radius 1 is 1.44 bits per heavy atom. The van der Waals surface area contributed by atoms with Gasteiger partial charge in [0, 0.05) is 12.1 Å². The summed E-state index contributed by atoms with van der Waals surface area (Å²) in [5.41, 5.74) is 0.283. The van der Waals surface area contributed by atoms with Gasteiger partial charge in [-0.1, -0.05) is 6.92 Å². The molecule has 0 amide bonds. The van der Waals surface area contributed by atoms with Crippen molar-refractivity contribution in [3.05, 3.63) is 39.9 Å². The lowest BCUT2D eigenvalue weighted by atomic mass is 10.2. The number of nitrogens with zero attached hydrogens (tertiary/aromatic N) is 1. The number of nitro groups is 1. The number of ether oxygens (including phenoxy) is 1. The lowest BCUT2D eigenvalue weighted by molar-refractivity contribution is -0.384. The van der Waals surface area contributed by atoms with Crippen molar-refractivity contribution in [3.8, 4) is 0 Å². The molecule has 1 rings (SSSR count). The summed E-state index contributed by atoms with van der Waals surface area (Å²) in [6.07, 6.45) is 0.585. The highest BCUT2D eigenvalue weighted by molar-refractivity contribution is 5.89. The fraction of sp³-hybridized carbons (Fsp3) is 0.364. The first-order chi connectivity index (χ1) is 7.54. The maximum atomic E-state index is 11.5. The van der Waals surface area contributed by atoms with Crippen LogP contribution in [-0.4, -0.2) is 17.0 Å². The first kappa shape index (κ1) is 12.2. The monoisotopic (exact) mass is 223 g/mol. The van der Waals surface area contributed by atoms with Gasteiger partial charge in [-0.25, -0.2) is 4.79 Å². The number of rotatable bonds is 4.